The third-order valence-electron chi connectivity index (χ3n) is 4.58. The quantitative estimate of drug-likeness (QED) is 0.182. The Hall–Kier alpha value is -3.53. The number of hydrogen-bond acceptors (Lipinski definition) is 7. The van der Waals surface area contributed by atoms with E-state index in [9.17, 15) is 14.9 Å². The summed E-state index contributed by atoms with van der Waals surface area (Å²) in [6, 6.07) is 11.8. The number of fused-ring (bicyclic) bond motifs is 1. The Labute approximate surface area is 175 Å². The standard InChI is InChI=1S/C20H18N4O5S/c1-28-16-6-3-14(4-7-16)22-11-9-21-19(22)30-12-2-10-23-17-13-15(24(26)27)5-8-18(17)29-20(23)25/h3-9,11,13H,2,10,12H2,1H3. The third-order valence-corrected chi connectivity index (χ3v) is 5.63. The number of imidazole rings is 1. The highest BCUT2D eigenvalue weighted by atomic mass is 32.2. The number of oxazole rings is 1. The Morgan fingerprint density at radius 3 is 2.77 bits per heavy atom. The van der Waals surface area contributed by atoms with Gasteiger partial charge in [0.2, 0.25) is 0 Å². The second-order valence-corrected chi connectivity index (χ2v) is 7.47. The topological polar surface area (TPSA) is 105 Å². The van der Waals surface area contributed by atoms with Crippen molar-refractivity contribution in [1.82, 2.24) is 14.1 Å². The lowest BCUT2D eigenvalue weighted by atomic mass is 10.3. The van der Waals surface area contributed by atoms with Crippen molar-refractivity contribution in [2.45, 2.75) is 18.1 Å². The normalized spacial score (nSPS) is 11.1. The van der Waals surface area contributed by atoms with Crippen LogP contribution in [0.15, 0.2) is 69.2 Å². The van der Waals surface area contributed by atoms with Gasteiger partial charge >= 0.3 is 5.76 Å². The zero-order valence-electron chi connectivity index (χ0n) is 16.1. The van der Waals surface area contributed by atoms with Crippen molar-refractivity contribution >= 4 is 28.5 Å². The van der Waals surface area contributed by atoms with Gasteiger partial charge in [-0.3, -0.25) is 19.2 Å². The minimum absolute atomic E-state index is 0.0760. The largest absolute Gasteiger partial charge is 0.497 e. The van der Waals surface area contributed by atoms with Gasteiger partial charge < -0.3 is 9.15 Å². The first kappa shape index (κ1) is 19.8. The van der Waals surface area contributed by atoms with Crippen LogP contribution in [0.3, 0.4) is 0 Å². The van der Waals surface area contributed by atoms with Crippen molar-refractivity contribution in [3.63, 3.8) is 0 Å². The van der Waals surface area contributed by atoms with E-state index >= 15 is 0 Å². The highest BCUT2D eigenvalue weighted by molar-refractivity contribution is 7.99. The Morgan fingerprint density at radius 1 is 1.23 bits per heavy atom. The SMILES string of the molecule is COc1ccc(-n2ccnc2SCCCn2c(=O)oc3ccc([N+](=O)[O-])cc32)cc1. The average Bonchev–Trinajstić information content (AvgIpc) is 3.34. The van der Waals surface area contributed by atoms with Crippen LogP contribution in [0.5, 0.6) is 5.75 Å². The lowest BCUT2D eigenvalue weighted by molar-refractivity contribution is -0.384. The number of methoxy groups -OCH3 is 1. The predicted octanol–water partition coefficient (Wildman–Crippen LogP) is 3.88. The summed E-state index contributed by atoms with van der Waals surface area (Å²) in [7, 11) is 1.63. The summed E-state index contributed by atoms with van der Waals surface area (Å²) in [5, 5.41) is 11.8. The number of aryl methyl sites for hydroxylation is 1. The first-order valence-corrected chi connectivity index (χ1v) is 10.1. The van der Waals surface area contributed by atoms with Crippen LogP contribution in [0.4, 0.5) is 5.69 Å². The summed E-state index contributed by atoms with van der Waals surface area (Å²) in [6.45, 7) is 0.392. The summed E-state index contributed by atoms with van der Waals surface area (Å²) in [4.78, 5) is 27.0. The van der Waals surface area contributed by atoms with Crippen LogP contribution in [0.2, 0.25) is 0 Å². The molecule has 2 aromatic carbocycles. The minimum Gasteiger partial charge on any atom is -0.497 e. The number of ether oxygens (including phenoxy) is 1. The van der Waals surface area contributed by atoms with Crippen LogP contribution in [0, 0.1) is 10.1 Å². The number of non-ortho nitro benzene ring substituents is 1. The zero-order chi connectivity index (χ0) is 21.1. The van der Waals surface area contributed by atoms with Crippen molar-refractivity contribution in [3.05, 3.63) is 75.5 Å². The van der Waals surface area contributed by atoms with Gasteiger partial charge in [0, 0.05) is 42.5 Å². The molecule has 9 nitrogen and oxygen atoms in total. The van der Waals surface area contributed by atoms with Crippen molar-refractivity contribution in [2.75, 3.05) is 12.9 Å². The van der Waals surface area contributed by atoms with E-state index in [1.54, 1.807) is 25.1 Å². The van der Waals surface area contributed by atoms with Gasteiger partial charge in [0.15, 0.2) is 10.7 Å². The second-order valence-electron chi connectivity index (χ2n) is 6.41. The van der Waals surface area contributed by atoms with Crippen LogP contribution in [0.25, 0.3) is 16.8 Å². The molecule has 0 aliphatic carbocycles. The smallest absolute Gasteiger partial charge is 0.419 e. The van der Waals surface area contributed by atoms with E-state index in [0.29, 0.717) is 29.8 Å². The minimum atomic E-state index is -0.518. The molecule has 0 bridgehead atoms. The molecule has 0 fully saturated rings. The molecule has 0 radical (unpaired) electrons. The highest BCUT2D eigenvalue weighted by Crippen LogP contribution is 2.24. The van der Waals surface area contributed by atoms with E-state index in [2.05, 4.69) is 4.98 Å². The van der Waals surface area contributed by atoms with Crippen LogP contribution in [-0.2, 0) is 6.54 Å². The fourth-order valence-electron chi connectivity index (χ4n) is 3.10. The number of nitro groups is 1. The Morgan fingerprint density at radius 2 is 2.03 bits per heavy atom. The first-order valence-electron chi connectivity index (χ1n) is 9.15. The maximum absolute atomic E-state index is 12.1. The van der Waals surface area contributed by atoms with Crippen molar-refractivity contribution in [2.24, 2.45) is 0 Å². The summed E-state index contributed by atoms with van der Waals surface area (Å²) in [6.07, 6.45) is 4.29. The van der Waals surface area contributed by atoms with Crippen molar-refractivity contribution in [1.29, 1.82) is 0 Å². The van der Waals surface area contributed by atoms with Gasteiger partial charge in [-0.15, -0.1) is 0 Å². The number of rotatable bonds is 8. The van der Waals surface area contributed by atoms with Gasteiger partial charge in [0.05, 0.1) is 17.5 Å². The summed E-state index contributed by atoms with van der Waals surface area (Å²) < 4.78 is 13.8. The van der Waals surface area contributed by atoms with Crippen molar-refractivity contribution in [3.8, 4) is 11.4 Å². The molecular weight excluding hydrogens is 408 g/mol. The number of aromatic nitrogens is 3. The van der Waals surface area contributed by atoms with Gasteiger partial charge in [0.25, 0.3) is 5.69 Å². The molecule has 10 heteroatoms. The van der Waals surface area contributed by atoms with Crippen LogP contribution < -0.4 is 10.5 Å². The van der Waals surface area contributed by atoms with E-state index in [1.807, 2.05) is 35.0 Å². The van der Waals surface area contributed by atoms with Crippen LogP contribution in [0.1, 0.15) is 6.42 Å². The first-order chi connectivity index (χ1) is 14.6. The van der Waals surface area contributed by atoms with E-state index in [-0.39, 0.29) is 5.69 Å². The molecule has 30 heavy (non-hydrogen) atoms. The molecule has 0 aliphatic heterocycles. The maximum Gasteiger partial charge on any atom is 0.419 e. The van der Waals surface area contributed by atoms with E-state index in [4.69, 9.17) is 9.15 Å². The molecule has 4 aromatic rings. The number of nitrogens with zero attached hydrogens (tertiary/aromatic N) is 4. The zero-order valence-corrected chi connectivity index (χ0v) is 16.9. The van der Waals surface area contributed by atoms with Gasteiger partial charge in [-0.1, -0.05) is 11.8 Å². The number of thioether (sulfide) groups is 1. The highest BCUT2D eigenvalue weighted by Gasteiger charge is 2.14. The van der Waals surface area contributed by atoms with Gasteiger partial charge in [-0.2, -0.15) is 0 Å². The third kappa shape index (κ3) is 3.94. The van der Waals surface area contributed by atoms with Crippen LogP contribution in [-0.4, -0.2) is 31.9 Å². The monoisotopic (exact) mass is 426 g/mol. The van der Waals surface area contributed by atoms with E-state index in [0.717, 1.165) is 16.6 Å². The molecule has 154 valence electrons. The molecule has 0 spiro atoms. The Kier molecular flexibility index (Phi) is 5.57. The average molecular weight is 426 g/mol. The molecule has 2 aromatic heterocycles. The molecule has 0 saturated carbocycles. The fourth-order valence-corrected chi connectivity index (χ4v) is 3.99. The molecule has 0 aliphatic rings. The molecule has 0 unspecified atom stereocenters. The molecule has 0 atom stereocenters. The van der Waals surface area contributed by atoms with Gasteiger partial charge in [0.1, 0.15) is 5.75 Å². The molecule has 2 heterocycles. The van der Waals surface area contributed by atoms with E-state index < -0.39 is 10.7 Å². The molecule has 4 rings (SSSR count). The summed E-state index contributed by atoms with van der Waals surface area (Å²) in [5.74, 6) is 0.975. The molecule has 0 N–H and O–H groups in total. The Bertz CT molecular complexity index is 1240. The number of nitro benzene ring substituents is 1. The van der Waals surface area contributed by atoms with Gasteiger partial charge in [-0.25, -0.2) is 9.78 Å². The fraction of sp³-hybridized carbons (Fsp3) is 0.200. The van der Waals surface area contributed by atoms with E-state index in [1.165, 1.54) is 22.8 Å². The van der Waals surface area contributed by atoms with Gasteiger partial charge in [-0.05, 0) is 36.8 Å². The lowest BCUT2D eigenvalue weighted by Gasteiger charge is -2.08. The van der Waals surface area contributed by atoms with Crippen LogP contribution >= 0.6 is 11.8 Å². The molecular formula is C20H18N4O5S. The molecule has 0 saturated heterocycles. The second kappa shape index (κ2) is 8.46. The number of hydrogen-bond donors (Lipinski definition) is 0. The lowest BCUT2D eigenvalue weighted by Crippen LogP contribution is -2.14. The number of benzene rings is 2. The summed E-state index contributed by atoms with van der Waals surface area (Å²) >= 11 is 1.57. The Balaban J connectivity index is 1.43. The maximum atomic E-state index is 12.1. The van der Waals surface area contributed by atoms with Crippen molar-refractivity contribution < 1.29 is 14.1 Å². The summed E-state index contributed by atoms with van der Waals surface area (Å²) in [5.41, 5.74) is 1.67. The molecule has 0 amide bonds. The predicted molar refractivity (Wildman–Crippen MR) is 113 cm³/mol.